The Balaban J connectivity index is 1.13. The van der Waals surface area contributed by atoms with Crippen LogP contribution in [0.2, 0.25) is 0 Å². The van der Waals surface area contributed by atoms with Crippen LogP contribution in [0.1, 0.15) is 27.9 Å². The van der Waals surface area contributed by atoms with E-state index in [9.17, 15) is 19.2 Å². The molecule has 2 fully saturated rings. The molecule has 2 N–H and O–H groups in total. The minimum atomic E-state index is -0.831. The molecule has 0 radical (unpaired) electrons. The molecule has 0 aromatic heterocycles. The highest BCUT2D eigenvalue weighted by Crippen LogP contribution is 2.52. The summed E-state index contributed by atoms with van der Waals surface area (Å²) in [5.41, 5.74) is 4.25. The molecule has 38 heavy (non-hydrogen) atoms. The Kier molecular flexibility index (Phi) is 5.08. The second kappa shape index (κ2) is 8.52. The fourth-order valence-corrected chi connectivity index (χ4v) is 6.70. The van der Waals surface area contributed by atoms with Gasteiger partial charge >= 0.3 is 6.03 Å². The maximum absolute atomic E-state index is 13.5. The van der Waals surface area contributed by atoms with Gasteiger partial charge in [-0.05, 0) is 47.1 Å². The number of ketones is 1. The van der Waals surface area contributed by atoms with Crippen molar-refractivity contribution < 1.29 is 19.2 Å². The van der Waals surface area contributed by atoms with Crippen LogP contribution in [0.25, 0.3) is 11.1 Å². The summed E-state index contributed by atoms with van der Waals surface area (Å²) >= 11 is 0. The standard InChI is InChI=1S/C31H25N3O4/c35-28-23-9-5-4-8-21(23)22-13-12-20(16-24(22)28)32-31(38)33-25(14-17-6-2-1-3-7-17)34-29(36)26-18-10-11-19(15-18)27(26)30(34)37/h1-13,16,18-19,25-27H,14-15H2,(H2,32,33,38). The summed E-state index contributed by atoms with van der Waals surface area (Å²) in [6.07, 6.45) is 4.42. The lowest BCUT2D eigenvalue weighted by atomic mass is 9.85. The minimum absolute atomic E-state index is 0.0790. The van der Waals surface area contributed by atoms with Crippen molar-refractivity contribution in [3.63, 3.8) is 0 Å². The van der Waals surface area contributed by atoms with Crippen LogP contribution >= 0.6 is 0 Å². The number of urea groups is 1. The molecule has 7 heteroatoms. The van der Waals surface area contributed by atoms with Crippen molar-refractivity contribution >= 4 is 29.3 Å². The summed E-state index contributed by atoms with van der Waals surface area (Å²) in [4.78, 5) is 54.4. The molecule has 0 spiro atoms. The number of nitrogens with one attached hydrogen (secondary N) is 2. The molecule has 5 atom stereocenters. The number of hydrogen-bond acceptors (Lipinski definition) is 4. The number of amides is 4. The molecule has 2 bridgehead atoms. The first kappa shape index (κ1) is 22.7. The summed E-state index contributed by atoms with van der Waals surface area (Å²) in [5, 5.41) is 5.69. The Morgan fingerprint density at radius 3 is 2.13 bits per heavy atom. The number of allylic oxidation sites excluding steroid dienone is 2. The Morgan fingerprint density at radius 2 is 1.42 bits per heavy atom. The van der Waals surface area contributed by atoms with E-state index in [1.807, 2.05) is 54.6 Å². The number of anilines is 1. The van der Waals surface area contributed by atoms with Crippen molar-refractivity contribution in [2.24, 2.45) is 23.7 Å². The van der Waals surface area contributed by atoms with Gasteiger partial charge in [-0.1, -0.05) is 72.8 Å². The zero-order valence-electron chi connectivity index (χ0n) is 20.5. The van der Waals surface area contributed by atoms with Gasteiger partial charge in [-0.15, -0.1) is 0 Å². The quantitative estimate of drug-likeness (QED) is 0.312. The van der Waals surface area contributed by atoms with Crippen molar-refractivity contribution in [3.05, 3.63) is 102 Å². The van der Waals surface area contributed by atoms with Gasteiger partial charge in [0.25, 0.3) is 0 Å². The van der Waals surface area contributed by atoms with Gasteiger partial charge in [0.1, 0.15) is 6.17 Å². The van der Waals surface area contributed by atoms with Crippen molar-refractivity contribution in [1.82, 2.24) is 10.2 Å². The molecule has 1 heterocycles. The molecule has 1 saturated heterocycles. The van der Waals surface area contributed by atoms with E-state index in [1.54, 1.807) is 18.2 Å². The van der Waals surface area contributed by atoms with E-state index in [4.69, 9.17) is 0 Å². The SMILES string of the molecule is O=C(Nc1ccc2c(c1)C(=O)c1ccccc1-2)NC(Cc1ccccc1)N1C(=O)C2C3C=CC(C3)C2C1=O. The monoisotopic (exact) mass is 503 g/mol. The highest BCUT2D eigenvalue weighted by Gasteiger charge is 2.60. The Bertz CT molecular complexity index is 1520. The van der Waals surface area contributed by atoms with Crippen LogP contribution in [0.5, 0.6) is 0 Å². The van der Waals surface area contributed by atoms with E-state index < -0.39 is 12.2 Å². The molecule has 5 unspecified atom stereocenters. The van der Waals surface area contributed by atoms with Gasteiger partial charge in [0.15, 0.2) is 5.78 Å². The molecular weight excluding hydrogens is 478 g/mol. The first-order valence-electron chi connectivity index (χ1n) is 12.9. The average molecular weight is 504 g/mol. The van der Waals surface area contributed by atoms with Crippen molar-refractivity contribution in [3.8, 4) is 11.1 Å². The van der Waals surface area contributed by atoms with Gasteiger partial charge in [-0.3, -0.25) is 19.3 Å². The minimum Gasteiger partial charge on any atom is -0.317 e. The second-order valence-corrected chi connectivity index (χ2v) is 10.5. The number of imide groups is 1. The smallest absolute Gasteiger partial charge is 0.317 e. The molecule has 188 valence electrons. The van der Waals surface area contributed by atoms with Crippen LogP contribution in [-0.2, 0) is 16.0 Å². The van der Waals surface area contributed by atoms with E-state index in [-0.39, 0.29) is 41.3 Å². The summed E-state index contributed by atoms with van der Waals surface area (Å²) in [5.74, 6) is -1.01. The highest BCUT2D eigenvalue weighted by molar-refractivity contribution is 6.22. The van der Waals surface area contributed by atoms with Crippen LogP contribution in [0.4, 0.5) is 10.5 Å². The van der Waals surface area contributed by atoms with Crippen LogP contribution in [0, 0.1) is 23.7 Å². The van der Waals surface area contributed by atoms with E-state index in [1.165, 1.54) is 4.90 Å². The Hall–Kier alpha value is -4.52. The predicted molar refractivity (Wildman–Crippen MR) is 141 cm³/mol. The molecule has 7 nitrogen and oxygen atoms in total. The highest BCUT2D eigenvalue weighted by atomic mass is 16.2. The third kappa shape index (κ3) is 3.42. The lowest BCUT2D eigenvalue weighted by Crippen LogP contribution is -2.53. The third-order valence-corrected chi connectivity index (χ3v) is 8.37. The van der Waals surface area contributed by atoms with Crippen molar-refractivity contribution in [1.29, 1.82) is 0 Å². The van der Waals surface area contributed by atoms with Gasteiger partial charge in [-0.25, -0.2) is 4.79 Å². The summed E-state index contributed by atoms with van der Waals surface area (Å²) in [6.45, 7) is 0. The van der Waals surface area contributed by atoms with Gasteiger partial charge < -0.3 is 10.6 Å². The van der Waals surface area contributed by atoms with Gasteiger partial charge in [-0.2, -0.15) is 0 Å². The summed E-state index contributed by atoms with van der Waals surface area (Å²) < 4.78 is 0. The van der Waals surface area contributed by atoms with Crippen LogP contribution in [0.15, 0.2) is 84.9 Å². The van der Waals surface area contributed by atoms with Crippen molar-refractivity contribution in [2.45, 2.75) is 19.0 Å². The number of nitrogens with zero attached hydrogens (tertiary/aromatic N) is 1. The van der Waals surface area contributed by atoms with E-state index >= 15 is 0 Å². The van der Waals surface area contributed by atoms with Crippen LogP contribution in [0.3, 0.4) is 0 Å². The molecule has 3 aliphatic carbocycles. The van der Waals surface area contributed by atoms with Gasteiger partial charge in [0, 0.05) is 23.2 Å². The largest absolute Gasteiger partial charge is 0.320 e. The van der Waals surface area contributed by atoms with Crippen molar-refractivity contribution in [2.75, 3.05) is 5.32 Å². The first-order valence-corrected chi connectivity index (χ1v) is 12.9. The molecule has 1 saturated carbocycles. The summed E-state index contributed by atoms with van der Waals surface area (Å²) in [7, 11) is 0. The maximum atomic E-state index is 13.5. The van der Waals surface area contributed by atoms with Crippen LogP contribution < -0.4 is 10.6 Å². The molecular formula is C31H25N3O4. The number of benzene rings is 3. The Morgan fingerprint density at radius 1 is 0.789 bits per heavy atom. The molecule has 7 rings (SSSR count). The number of likely N-dealkylation sites (tertiary alicyclic amines) is 1. The van der Waals surface area contributed by atoms with Crippen LogP contribution in [-0.4, -0.2) is 34.7 Å². The van der Waals surface area contributed by atoms with E-state index in [2.05, 4.69) is 22.8 Å². The number of carbonyl (C=O) groups excluding carboxylic acids is 4. The van der Waals surface area contributed by atoms with Gasteiger partial charge in [0.05, 0.1) is 11.8 Å². The number of carbonyl (C=O) groups is 4. The lowest BCUT2D eigenvalue weighted by Gasteiger charge is -2.29. The number of fused-ring (bicyclic) bond motifs is 8. The Labute approximate surface area is 219 Å². The van der Waals surface area contributed by atoms with E-state index in [0.29, 0.717) is 23.2 Å². The third-order valence-electron chi connectivity index (χ3n) is 8.37. The topological polar surface area (TPSA) is 95.6 Å². The number of rotatable bonds is 5. The second-order valence-electron chi connectivity index (χ2n) is 10.5. The lowest BCUT2D eigenvalue weighted by molar-refractivity contribution is -0.143. The molecule has 3 aromatic rings. The average Bonchev–Trinajstić information content (AvgIpc) is 3.67. The fourth-order valence-electron chi connectivity index (χ4n) is 6.70. The first-order chi connectivity index (χ1) is 18.5. The van der Waals surface area contributed by atoms with Gasteiger partial charge in [0.2, 0.25) is 11.8 Å². The molecule has 4 amide bonds. The predicted octanol–water partition coefficient (Wildman–Crippen LogP) is 4.40. The molecule has 4 aliphatic rings. The fraction of sp³-hybridized carbons (Fsp3) is 0.226. The number of hydrogen-bond donors (Lipinski definition) is 2. The normalized spacial score (nSPS) is 24.8. The zero-order chi connectivity index (χ0) is 26.0. The molecule has 1 aliphatic heterocycles. The maximum Gasteiger partial charge on any atom is 0.320 e. The molecule has 3 aromatic carbocycles. The van der Waals surface area contributed by atoms with E-state index in [0.717, 1.165) is 23.1 Å². The summed E-state index contributed by atoms with van der Waals surface area (Å²) in [6, 6.07) is 21.6. The zero-order valence-corrected chi connectivity index (χ0v) is 20.5.